The molecule has 0 aromatic carbocycles. The molecule has 1 aliphatic rings. The Hall–Kier alpha value is -0.550. The number of rotatable bonds is 3. The first-order valence-electron chi connectivity index (χ1n) is 4.51. The highest BCUT2D eigenvalue weighted by molar-refractivity contribution is 7.99. The van der Waals surface area contributed by atoms with Crippen molar-refractivity contribution >= 4 is 11.8 Å². The normalized spacial score (nSPS) is 22.4. The standard InChI is InChI=1S/C8H14N4S/c1-12-10-5-8(11-12)4-9-7-2-3-13-6-7/h5,7,9H,2-4,6H2,1H3. The predicted molar refractivity (Wildman–Crippen MR) is 53.6 cm³/mol. The first-order chi connectivity index (χ1) is 6.34. The van der Waals surface area contributed by atoms with Gasteiger partial charge in [-0.1, -0.05) is 0 Å². The summed E-state index contributed by atoms with van der Waals surface area (Å²) in [5, 5.41) is 11.7. The van der Waals surface area contributed by atoms with Gasteiger partial charge in [-0.2, -0.15) is 26.8 Å². The molecular formula is C8H14N4S. The highest BCUT2D eigenvalue weighted by atomic mass is 32.2. The van der Waals surface area contributed by atoms with Crippen LogP contribution in [0.5, 0.6) is 0 Å². The predicted octanol–water partition coefficient (Wildman–Crippen LogP) is 0.410. The quantitative estimate of drug-likeness (QED) is 0.764. The molecule has 2 heterocycles. The largest absolute Gasteiger partial charge is 0.307 e. The molecule has 0 bridgehead atoms. The van der Waals surface area contributed by atoms with Gasteiger partial charge in [0.05, 0.1) is 11.9 Å². The Morgan fingerprint density at radius 1 is 1.77 bits per heavy atom. The molecule has 1 N–H and O–H groups in total. The van der Waals surface area contributed by atoms with Crippen LogP contribution < -0.4 is 5.32 Å². The molecule has 4 nitrogen and oxygen atoms in total. The molecule has 1 saturated heterocycles. The summed E-state index contributed by atoms with van der Waals surface area (Å²) < 4.78 is 0. The summed E-state index contributed by atoms with van der Waals surface area (Å²) in [6.07, 6.45) is 3.10. The molecule has 1 aromatic rings. The van der Waals surface area contributed by atoms with E-state index in [9.17, 15) is 0 Å². The van der Waals surface area contributed by atoms with Gasteiger partial charge < -0.3 is 5.32 Å². The van der Waals surface area contributed by atoms with E-state index in [1.165, 1.54) is 17.9 Å². The van der Waals surface area contributed by atoms with E-state index in [1.807, 2.05) is 25.0 Å². The minimum atomic E-state index is 0.673. The molecular weight excluding hydrogens is 184 g/mol. The smallest absolute Gasteiger partial charge is 0.0964 e. The number of nitrogens with zero attached hydrogens (tertiary/aromatic N) is 3. The van der Waals surface area contributed by atoms with E-state index in [0.717, 1.165) is 12.2 Å². The van der Waals surface area contributed by atoms with Crippen LogP contribution in [0.3, 0.4) is 0 Å². The summed E-state index contributed by atoms with van der Waals surface area (Å²) in [5.74, 6) is 2.53. The maximum Gasteiger partial charge on any atom is 0.0964 e. The summed E-state index contributed by atoms with van der Waals surface area (Å²) in [4.78, 5) is 1.60. The van der Waals surface area contributed by atoms with Gasteiger partial charge in [0.15, 0.2) is 0 Å². The maximum atomic E-state index is 4.21. The van der Waals surface area contributed by atoms with Gasteiger partial charge in [-0.3, -0.25) is 0 Å². The second-order valence-electron chi connectivity index (χ2n) is 3.27. The molecule has 1 unspecified atom stereocenters. The van der Waals surface area contributed by atoms with Gasteiger partial charge in [0.1, 0.15) is 0 Å². The Morgan fingerprint density at radius 2 is 2.69 bits per heavy atom. The SMILES string of the molecule is Cn1ncc(CNC2CCSC2)n1. The Bertz CT molecular complexity index is 267. The lowest BCUT2D eigenvalue weighted by Crippen LogP contribution is -2.28. The molecule has 0 spiro atoms. The highest BCUT2D eigenvalue weighted by Gasteiger charge is 2.14. The van der Waals surface area contributed by atoms with E-state index >= 15 is 0 Å². The third-order valence-corrected chi connectivity index (χ3v) is 3.31. The van der Waals surface area contributed by atoms with Crippen molar-refractivity contribution in [3.05, 3.63) is 11.9 Å². The molecule has 1 fully saturated rings. The second kappa shape index (κ2) is 4.11. The molecule has 0 saturated carbocycles. The highest BCUT2D eigenvalue weighted by Crippen LogP contribution is 2.17. The van der Waals surface area contributed by atoms with Crippen LogP contribution in [-0.2, 0) is 13.6 Å². The molecule has 13 heavy (non-hydrogen) atoms. The Kier molecular flexibility index (Phi) is 2.85. The summed E-state index contributed by atoms with van der Waals surface area (Å²) in [7, 11) is 1.84. The van der Waals surface area contributed by atoms with E-state index in [-0.39, 0.29) is 0 Å². The molecule has 5 heteroatoms. The third-order valence-electron chi connectivity index (χ3n) is 2.15. The number of hydrogen-bond donors (Lipinski definition) is 1. The van der Waals surface area contributed by atoms with Crippen LogP contribution in [-0.4, -0.2) is 32.5 Å². The van der Waals surface area contributed by atoms with Gasteiger partial charge in [0, 0.05) is 25.4 Å². The molecule has 2 rings (SSSR count). The van der Waals surface area contributed by atoms with Crippen LogP contribution in [0.25, 0.3) is 0 Å². The number of nitrogens with one attached hydrogen (secondary N) is 1. The molecule has 1 atom stereocenters. The molecule has 0 aliphatic carbocycles. The topological polar surface area (TPSA) is 42.7 Å². The van der Waals surface area contributed by atoms with E-state index in [4.69, 9.17) is 0 Å². The molecule has 1 aliphatic heterocycles. The van der Waals surface area contributed by atoms with Crippen molar-refractivity contribution in [1.82, 2.24) is 20.3 Å². The number of aromatic nitrogens is 3. The van der Waals surface area contributed by atoms with Crippen molar-refractivity contribution in [1.29, 1.82) is 0 Å². The Balaban J connectivity index is 1.78. The Labute approximate surface area is 82.1 Å². The van der Waals surface area contributed by atoms with E-state index in [1.54, 1.807) is 4.80 Å². The molecule has 0 radical (unpaired) electrons. The van der Waals surface area contributed by atoms with Crippen LogP contribution >= 0.6 is 11.8 Å². The first-order valence-corrected chi connectivity index (χ1v) is 5.66. The van der Waals surface area contributed by atoms with Crippen molar-refractivity contribution in [2.75, 3.05) is 11.5 Å². The van der Waals surface area contributed by atoms with Crippen molar-refractivity contribution in [3.8, 4) is 0 Å². The van der Waals surface area contributed by atoms with Crippen LogP contribution in [0.2, 0.25) is 0 Å². The average Bonchev–Trinajstić information content (AvgIpc) is 2.71. The van der Waals surface area contributed by atoms with Crippen molar-refractivity contribution in [2.24, 2.45) is 7.05 Å². The summed E-state index contributed by atoms with van der Waals surface area (Å²) >= 11 is 2.02. The fourth-order valence-corrected chi connectivity index (χ4v) is 2.60. The van der Waals surface area contributed by atoms with Crippen molar-refractivity contribution in [3.63, 3.8) is 0 Å². The van der Waals surface area contributed by atoms with Gasteiger partial charge in [0.25, 0.3) is 0 Å². The third kappa shape index (κ3) is 2.45. The number of aryl methyl sites for hydroxylation is 1. The molecule has 0 amide bonds. The summed E-state index contributed by atoms with van der Waals surface area (Å²) in [6, 6.07) is 0.673. The summed E-state index contributed by atoms with van der Waals surface area (Å²) in [6.45, 7) is 0.846. The minimum Gasteiger partial charge on any atom is -0.307 e. The van der Waals surface area contributed by atoms with Gasteiger partial charge in [-0.05, 0) is 12.2 Å². The number of hydrogen-bond acceptors (Lipinski definition) is 4. The minimum absolute atomic E-state index is 0.673. The fourth-order valence-electron chi connectivity index (χ4n) is 1.41. The zero-order valence-corrected chi connectivity index (χ0v) is 8.55. The lowest BCUT2D eigenvalue weighted by Gasteiger charge is -2.08. The first kappa shape index (κ1) is 9.02. The molecule has 1 aromatic heterocycles. The average molecular weight is 198 g/mol. The number of thioether (sulfide) groups is 1. The zero-order chi connectivity index (χ0) is 9.10. The maximum absolute atomic E-state index is 4.21. The van der Waals surface area contributed by atoms with Gasteiger partial charge in [-0.25, -0.2) is 0 Å². The monoisotopic (exact) mass is 198 g/mol. The van der Waals surface area contributed by atoms with Gasteiger partial charge >= 0.3 is 0 Å². The van der Waals surface area contributed by atoms with E-state index < -0.39 is 0 Å². The van der Waals surface area contributed by atoms with Gasteiger partial charge in [-0.15, -0.1) is 0 Å². The van der Waals surface area contributed by atoms with E-state index in [2.05, 4.69) is 15.5 Å². The fraction of sp³-hybridized carbons (Fsp3) is 0.750. The second-order valence-corrected chi connectivity index (χ2v) is 4.42. The van der Waals surface area contributed by atoms with Gasteiger partial charge in [0.2, 0.25) is 0 Å². The van der Waals surface area contributed by atoms with Crippen molar-refractivity contribution in [2.45, 2.75) is 19.0 Å². The van der Waals surface area contributed by atoms with Crippen molar-refractivity contribution < 1.29 is 0 Å². The summed E-state index contributed by atoms with van der Waals surface area (Å²) in [5.41, 5.74) is 1.03. The van der Waals surface area contributed by atoms with Crippen LogP contribution in [0.1, 0.15) is 12.1 Å². The van der Waals surface area contributed by atoms with Crippen LogP contribution in [0.15, 0.2) is 6.20 Å². The van der Waals surface area contributed by atoms with E-state index in [0.29, 0.717) is 6.04 Å². The molecule has 72 valence electrons. The lowest BCUT2D eigenvalue weighted by atomic mass is 10.2. The Morgan fingerprint density at radius 3 is 3.31 bits per heavy atom. The zero-order valence-electron chi connectivity index (χ0n) is 7.73. The van der Waals surface area contributed by atoms with Crippen LogP contribution in [0, 0.1) is 0 Å². The van der Waals surface area contributed by atoms with Crippen LogP contribution in [0.4, 0.5) is 0 Å². The lowest BCUT2D eigenvalue weighted by molar-refractivity contribution is 0.545.